The molecule has 2 aromatic rings. The molecule has 1 aromatic heterocycles. The number of benzene rings is 1. The molecule has 0 aliphatic carbocycles. The topological polar surface area (TPSA) is 206 Å². The number of hydrogen-bond donors (Lipinski definition) is 5. The van der Waals surface area contributed by atoms with E-state index >= 15 is 0 Å². The fourth-order valence-electron chi connectivity index (χ4n) is 4.94. The van der Waals surface area contributed by atoms with Gasteiger partial charge in [0.2, 0.25) is 17.7 Å². The monoisotopic (exact) mass is 729 g/mol. The van der Waals surface area contributed by atoms with Crippen LogP contribution in [-0.2, 0) is 42.0 Å². The smallest absolute Gasteiger partial charge is 0.408 e. The van der Waals surface area contributed by atoms with Gasteiger partial charge in [0.05, 0.1) is 17.9 Å². The van der Waals surface area contributed by atoms with Crippen LogP contribution < -0.4 is 21.3 Å². The van der Waals surface area contributed by atoms with Crippen LogP contribution >= 0.6 is 0 Å². The Labute approximate surface area is 291 Å². The predicted molar refractivity (Wildman–Crippen MR) is 179 cm³/mol. The standard InChI is InChI=1S/C33H49F2N5O9S/c1-17(2)14-36-32(44)29(18(3)4)40-30(42)19(5)9-28(41)25(12-22-10-23(34)13-24(35)11-22)38-31(43)27(16-50(8,46)47)39-33(45)48-15-26-20(6)49-21(7)37-26/h10-11,13,17-19,25,27-29,41H,9,12,14-16H2,1-8H3,(H,36,44)(H,38,43)(H,39,45)(H,40,42)/t19-,25+,27+,28+,29+/m1/s1. The van der Waals surface area contributed by atoms with Crippen LogP contribution in [0.25, 0.3) is 0 Å². The molecule has 17 heteroatoms. The largest absolute Gasteiger partial charge is 0.446 e. The van der Waals surface area contributed by atoms with Crippen molar-refractivity contribution in [1.82, 2.24) is 26.3 Å². The molecule has 0 saturated carbocycles. The van der Waals surface area contributed by atoms with E-state index in [2.05, 4.69) is 26.3 Å². The summed E-state index contributed by atoms with van der Waals surface area (Å²) < 4.78 is 63.0. The third-order valence-electron chi connectivity index (χ3n) is 7.56. The van der Waals surface area contributed by atoms with E-state index < -0.39 is 75.3 Å². The maximum Gasteiger partial charge on any atom is 0.408 e. The zero-order valence-corrected chi connectivity index (χ0v) is 30.5. The number of sulfone groups is 1. The molecule has 0 aliphatic rings. The molecular formula is C33H49F2N5O9S. The van der Waals surface area contributed by atoms with Gasteiger partial charge in [-0.1, -0.05) is 34.6 Å². The molecule has 0 bridgehead atoms. The van der Waals surface area contributed by atoms with Crippen LogP contribution in [0, 0.1) is 43.2 Å². The number of alkyl carbamates (subject to hydrolysis) is 1. The Morgan fingerprint density at radius 3 is 2.08 bits per heavy atom. The Morgan fingerprint density at radius 1 is 0.940 bits per heavy atom. The lowest BCUT2D eigenvalue weighted by Gasteiger charge is -2.29. The summed E-state index contributed by atoms with van der Waals surface area (Å²) in [4.78, 5) is 56.1. The van der Waals surface area contributed by atoms with E-state index in [0.29, 0.717) is 30.0 Å². The molecule has 0 fully saturated rings. The van der Waals surface area contributed by atoms with Crippen molar-refractivity contribution in [3.05, 3.63) is 52.7 Å². The second kappa shape index (κ2) is 18.8. The average molecular weight is 730 g/mol. The fraction of sp³-hybridized carbons (Fsp3) is 0.606. The van der Waals surface area contributed by atoms with Crippen LogP contribution in [0.4, 0.5) is 13.6 Å². The number of aliphatic hydroxyl groups is 1. The van der Waals surface area contributed by atoms with E-state index in [0.717, 1.165) is 18.4 Å². The molecule has 5 atom stereocenters. The van der Waals surface area contributed by atoms with E-state index in [-0.39, 0.29) is 42.8 Å². The van der Waals surface area contributed by atoms with Crippen molar-refractivity contribution in [2.24, 2.45) is 17.8 Å². The zero-order chi connectivity index (χ0) is 37.9. The van der Waals surface area contributed by atoms with E-state index in [1.807, 2.05) is 13.8 Å². The number of nitrogens with zero attached hydrogens (tertiary/aromatic N) is 1. The van der Waals surface area contributed by atoms with Crippen LogP contribution in [-0.4, -0.2) is 85.1 Å². The number of ether oxygens (including phenoxy) is 1. The molecular weight excluding hydrogens is 680 g/mol. The number of rotatable bonds is 18. The predicted octanol–water partition coefficient (Wildman–Crippen LogP) is 2.24. The van der Waals surface area contributed by atoms with Gasteiger partial charge in [-0.2, -0.15) is 0 Å². The summed E-state index contributed by atoms with van der Waals surface area (Å²) in [5.74, 6) is -4.98. The lowest BCUT2D eigenvalue weighted by molar-refractivity contribution is -0.132. The van der Waals surface area contributed by atoms with Gasteiger partial charge in [-0.3, -0.25) is 14.4 Å². The van der Waals surface area contributed by atoms with E-state index in [9.17, 15) is 41.5 Å². The number of amides is 4. The number of aryl methyl sites for hydroxylation is 2. The van der Waals surface area contributed by atoms with Gasteiger partial charge >= 0.3 is 6.09 Å². The molecule has 50 heavy (non-hydrogen) atoms. The first-order valence-electron chi connectivity index (χ1n) is 16.2. The molecule has 2 rings (SSSR count). The van der Waals surface area contributed by atoms with Crippen LogP contribution in [0.3, 0.4) is 0 Å². The van der Waals surface area contributed by atoms with E-state index in [1.54, 1.807) is 27.7 Å². The van der Waals surface area contributed by atoms with Gasteiger partial charge in [-0.25, -0.2) is 27.0 Å². The Bertz CT molecular complexity index is 1580. The molecule has 0 radical (unpaired) electrons. The minimum absolute atomic E-state index is 0.0379. The summed E-state index contributed by atoms with van der Waals surface area (Å²) in [5.41, 5.74) is 0.345. The van der Waals surface area contributed by atoms with Gasteiger partial charge in [0.25, 0.3) is 0 Å². The molecule has 1 aromatic carbocycles. The van der Waals surface area contributed by atoms with Gasteiger partial charge in [0, 0.05) is 31.7 Å². The second-order valence-electron chi connectivity index (χ2n) is 13.3. The number of carbonyl (C=O) groups excluding carboxylic acids is 4. The van der Waals surface area contributed by atoms with Gasteiger partial charge in [-0.05, 0) is 49.3 Å². The molecule has 0 unspecified atom stereocenters. The normalized spacial score (nSPS) is 14.7. The third-order valence-corrected chi connectivity index (χ3v) is 8.50. The van der Waals surface area contributed by atoms with Crippen LogP contribution in [0.1, 0.15) is 63.9 Å². The lowest BCUT2D eigenvalue weighted by atomic mass is 9.92. The summed E-state index contributed by atoms with van der Waals surface area (Å²) >= 11 is 0. The number of aliphatic hydroxyl groups excluding tert-OH is 1. The maximum absolute atomic E-state index is 14.1. The SMILES string of the molecule is Cc1nc(COC(=O)N[C@@H](CS(C)(=O)=O)C(=O)N[C@@H](Cc2cc(F)cc(F)c2)[C@@H](O)C[C@@H](C)C(=O)N[C@H](C(=O)NCC(C)C)C(C)C)c(C)o1. The minimum atomic E-state index is -3.88. The highest BCUT2D eigenvalue weighted by molar-refractivity contribution is 7.90. The van der Waals surface area contributed by atoms with Crippen molar-refractivity contribution in [1.29, 1.82) is 0 Å². The summed E-state index contributed by atoms with van der Waals surface area (Å²) in [6.45, 7) is 12.1. The van der Waals surface area contributed by atoms with Crippen molar-refractivity contribution in [2.45, 2.75) is 92.1 Å². The van der Waals surface area contributed by atoms with Crippen molar-refractivity contribution in [3.8, 4) is 0 Å². The summed E-state index contributed by atoms with van der Waals surface area (Å²) in [5, 5.41) is 21.5. The molecule has 0 aliphatic heterocycles. The summed E-state index contributed by atoms with van der Waals surface area (Å²) in [6.07, 6.45) is -2.46. The minimum Gasteiger partial charge on any atom is -0.446 e. The van der Waals surface area contributed by atoms with Crippen molar-refractivity contribution in [3.63, 3.8) is 0 Å². The van der Waals surface area contributed by atoms with Gasteiger partial charge < -0.3 is 35.5 Å². The molecule has 0 spiro atoms. The van der Waals surface area contributed by atoms with Gasteiger partial charge in [0.1, 0.15) is 51.6 Å². The summed E-state index contributed by atoms with van der Waals surface area (Å²) in [6, 6.07) is -1.28. The Morgan fingerprint density at radius 2 is 1.56 bits per heavy atom. The second-order valence-corrected chi connectivity index (χ2v) is 15.5. The molecule has 280 valence electrons. The average Bonchev–Trinajstić information content (AvgIpc) is 3.31. The van der Waals surface area contributed by atoms with Gasteiger partial charge in [-0.15, -0.1) is 0 Å². The third kappa shape index (κ3) is 14.4. The number of oxazole rings is 1. The molecule has 1 heterocycles. The highest BCUT2D eigenvalue weighted by Gasteiger charge is 2.33. The first kappa shape index (κ1) is 42.0. The quantitative estimate of drug-likeness (QED) is 0.151. The summed E-state index contributed by atoms with van der Waals surface area (Å²) in [7, 11) is -3.88. The highest BCUT2D eigenvalue weighted by atomic mass is 32.2. The fourth-order valence-corrected chi connectivity index (χ4v) is 5.78. The van der Waals surface area contributed by atoms with Crippen molar-refractivity contribution < 1.29 is 50.6 Å². The first-order valence-corrected chi connectivity index (χ1v) is 18.3. The molecule has 5 N–H and O–H groups in total. The number of hydrogen-bond acceptors (Lipinski definition) is 10. The van der Waals surface area contributed by atoms with Gasteiger partial charge in [0.15, 0.2) is 5.89 Å². The van der Waals surface area contributed by atoms with Crippen molar-refractivity contribution >= 4 is 33.7 Å². The Kier molecular flexibility index (Phi) is 15.8. The van der Waals surface area contributed by atoms with Crippen molar-refractivity contribution in [2.75, 3.05) is 18.6 Å². The van der Waals surface area contributed by atoms with E-state index in [1.165, 1.54) is 6.92 Å². The van der Waals surface area contributed by atoms with Crippen LogP contribution in [0.5, 0.6) is 0 Å². The number of carbonyl (C=O) groups is 4. The maximum atomic E-state index is 14.1. The van der Waals surface area contributed by atoms with Crippen LogP contribution in [0.15, 0.2) is 22.6 Å². The Balaban J connectivity index is 2.27. The van der Waals surface area contributed by atoms with E-state index in [4.69, 9.17) is 9.15 Å². The van der Waals surface area contributed by atoms with Crippen LogP contribution in [0.2, 0.25) is 0 Å². The number of halogens is 2. The number of nitrogens with one attached hydrogen (secondary N) is 4. The molecule has 0 saturated heterocycles. The first-order chi connectivity index (χ1) is 23.1. The lowest BCUT2D eigenvalue weighted by Crippen LogP contribution is -2.56. The Hall–Kier alpha value is -4.12. The molecule has 14 nitrogen and oxygen atoms in total. The highest BCUT2D eigenvalue weighted by Crippen LogP contribution is 2.17. The number of aromatic nitrogens is 1. The molecule has 4 amide bonds. The zero-order valence-electron chi connectivity index (χ0n) is 29.6.